The van der Waals surface area contributed by atoms with E-state index in [0.29, 0.717) is 0 Å². The van der Waals surface area contributed by atoms with Gasteiger partial charge in [0.05, 0.1) is 6.54 Å². The first-order chi connectivity index (χ1) is 10.2. The van der Waals surface area contributed by atoms with Gasteiger partial charge in [-0.05, 0) is 31.5 Å². The van der Waals surface area contributed by atoms with E-state index in [0.717, 1.165) is 49.8 Å². The van der Waals surface area contributed by atoms with Gasteiger partial charge in [-0.2, -0.15) is 0 Å². The van der Waals surface area contributed by atoms with Crippen molar-refractivity contribution in [3.8, 4) is 0 Å². The second-order valence-electron chi connectivity index (χ2n) is 5.15. The molecule has 1 amide bonds. The van der Waals surface area contributed by atoms with Crippen LogP contribution < -0.4 is 5.32 Å². The summed E-state index contributed by atoms with van der Waals surface area (Å²) in [5.41, 5.74) is 1.90. The van der Waals surface area contributed by atoms with Crippen LogP contribution in [0.15, 0.2) is 29.3 Å². The lowest BCUT2D eigenvalue weighted by Gasteiger charge is -2.19. The Morgan fingerprint density at radius 1 is 1.27 bits per heavy atom. The smallest absolute Gasteiger partial charge is 0.253 e. The number of aliphatic imine (C=N–C) groups is 1. The van der Waals surface area contributed by atoms with Gasteiger partial charge < -0.3 is 15.1 Å². The number of amides is 1. The van der Waals surface area contributed by atoms with Crippen molar-refractivity contribution in [3.05, 3.63) is 35.4 Å². The maximum Gasteiger partial charge on any atom is 0.253 e. The fraction of sp³-hybridized carbons (Fsp3) is 0.500. The van der Waals surface area contributed by atoms with Crippen molar-refractivity contribution in [1.82, 2.24) is 15.1 Å². The van der Waals surface area contributed by atoms with Gasteiger partial charge in [-0.15, -0.1) is 24.0 Å². The number of nitrogens with one attached hydrogen (secondary N) is 1. The molecule has 2 rings (SSSR count). The third kappa shape index (κ3) is 4.59. The van der Waals surface area contributed by atoms with Crippen LogP contribution in [-0.4, -0.2) is 54.9 Å². The Morgan fingerprint density at radius 2 is 1.91 bits per heavy atom. The van der Waals surface area contributed by atoms with E-state index in [9.17, 15) is 4.79 Å². The minimum atomic E-state index is 0. The Kier molecular flexibility index (Phi) is 7.64. The van der Waals surface area contributed by atoms with Crippen LogP contribution in [0, 0.1) is 0 Å². The molecule has 122 valence electrons. The average molecular weight is 416 g/mol. The van der Waals surface area contributed by atoms with Gasteiger partial charge in [0.15, 0.2) is 5.96 Å². The van der Waals surface area contributed by atoms with Crippen LogP contribution in [0.3, 0.4) is 0 Å². The van der Waals surface area contributed by atoms with Gasteiger partial charge in [0.1, 0.15) is 0 Å². The Balaban J connectivity index is 0.00000242. The summed E-state index contributed by atoms with van der Waals surface area (Å²) < 4.78 is 0. The molecule has 1 aliphatic rings. The van der Waals surface area contributed by atoms with Crippen LogP contribution in [0.2, 0.25) is 0 Å². The molecule has 22 heavy (non-hydrogen) atoms. The molecule has 1 aromatic rings. The third-order valence-corrected chi connectivity index (χ3v) is 3.76. The standard InChI is InChI=1S/C16H24N4O.HI/c1-4-20(5-2)15(21)14-8-6-13(7-9-14)12-18-16-17-10-11-19(16)3;/h6-9H,4-5,10-12H2,1-3H3,(H,17,18);1H. The van der Waals surface area contributed by atoms with E-state index in [1.807, 2.05) is 50.1 Å². The topological polar surface area (TPSA) is 47.9 Å². The van der Waals surface area contributed by atoms with E-state index in [1.165, 1.54) is 0 Å². The van der Waals surface area contributed by atoms with Crippen LogP contribution in [0.25, 0.3) is 0 Å². The molecule has 0 aliphatic carbocycles. The molecule has 0 saturated carbocycles. The highest BCUT2D eigenvalue weighted by atomic mass is 127. The monoisotopic (exact) mass is 416 g/mol. The molecule has 0 radical (unpaired) electrons. The quantitative estimate of drug-likeness (QED) is 0.749. The fourth-order valence-electron chi connectivity index (χ4n) is 2.36. The van der Waals surface area contributed by atoms with Crippen molar-refractivity contribution in [2.24, 2.45) is 4.99 Å². The van der Waals surface area contributed by atoms with E-state index >= 15 is 0 Å². The Bertz CT molecular complexity index is 511. The zero-order chi connectivity index (χ0) is 15.2. The van der Waals surface area contributed by atoms with Crippen molar-refractivity contribution in [2.45, 2.75) is 20.4 Å². The van der Waals surface area contributed by atoms with Crippen molar-refractivity contribution >= 4 is 35.8 Å². The van der Waals surface area contributed by atoms with Gasteiger partial charge in [0.2, 0.25) is 0 Å². The van der Waals surface area contributed by atoms with E-state index in [-0.39, 0.29) is 29.9 Å². The predicted octanol–water partition coefficient (Wildman–Crippen LogP) is 2.18. The molecule has 1 heterocycles. The Morgan fingerprint density at radius 3 is 2.41 bits per heavy atom. The zero-order valence-electron chi connectivity index (χ0n) is 13.5. The zero-order valence-corrected chi connectivity index (χ0v) is 15.8. The lowest BCUT2D eigenvalue weighted by molar-refractivity contribution is 0.0773. The fourth-order valence-corrected chi connectivity index (χ4v) is 2.36. The van der Waals surface area contributed by atoms with Gasteiger partial charge in [0.25, 0.3) is 5.91 Å². The normalized spacial score (nSPS) is 13.4. The molecule has 0 bridgehead atoms. The lowest BCUT2D eigenvalue weighted by Crippen LogP contribution is -2.35. The summed E-state index contributed by atoms with van der Waals surface area (Å²) in [6.07, 6.45) is 0. The molecular formula is C16H25IN4O. The first-order valence-electron chi connectivity index (χ1n) is 7.53. The highest BCUT2D eigenvalue weighted by Gasteiger charge is 2.13. The van der Waals surface area contributed by atoms with E-state index in [1.54, 1.807) is 0 Å². The molecule has 5 nitrogen and oxygen atoms in total. The highest BCUT2D eigenvalue weighted by Crippen LogP contribution is 2.08. The number of benzene rings is 1. The number of carbonyl (C=O) groups excluding carboxylic acids is 1. The first kappa shape index (κ1) is 18.7. The number of hydrogen-bond donors (Lipinski definition) is 1. The van der Waals surface area contributed by atoms with Gasteiger partial charge in [-0.1, -0.05) is 12.1 Å². The summed E-state index contributed by atoms with van der Waals surface area (Å²) in [5.74, 6) is 1.04. The maximum atomic E-state index is 12.2. The van der Waals surface area contributed by atoms with Crippen molar-refractivity contribution < 1.29 is 4.79 Å². The first-order valence-corrected chi connectivity index (χ1v) is 7.53. The minimum absolute atomic E-state index is 0. The van der Waals surface area contributed by atoms with Crippen LogP contribution >= 0.6 is 24.0 Å². The van der Waals surface area contributed by atoms with E-state index < -0.39 is 0 Å². The number of hydrogen-bond acceptors (Lipinski definition) is 4. The molecule has 0 spiro atoms. The molecular weight excluding hydrogens is 391 g/mol. The molecule has 0 saturated heterocycles. The van der Waals surface area contributed by atoms with Crippen molar-refractivity contribution in [1.29, 1.82) is 0 Å². The summed E-state index contributed by atoms with van der Waals surface area (Å²) >= 11 is 0. The summed E-state index contributed by atoms with van der Waals surface area (Å²) in [4.78, 5) is 20.5. The number of likely N-dealkylation sites (N-methyl/N-ethyl adjacent to an activating group) is 1. The van der Waals surface area contributed by atoms with Crippen LogP contribution in [-0.2, 0) is 6.54 Å². The van der Waals surface area contributed by atoms with E-state index in [2.05, 4.69) is 15.2 Å². The number of guanidine groups is 1. The second kappa shape index (κ2) is 8.97. The number of rotatable bonds is 5. The predicted molar refractivity (Wildman–Crippen MR) is 101 cm³/mol. The summed E-state index contributed by atoms with van der Waals surface area (Å²) in [6.45, 7) is 8.03. The van der Waals surface area contributed by atoms with Crippen molar-refractivity contribution in [3.63, 3.8) is 0 Å². The average Bonchev–Trinajstić information content (AvgIpc) is 2.92. The van der Waals surface area contributed by atoms with Crippen LogP contribution in [0.5, 0.6) is 0 Å². The molecule has 1 aliphatic heterocycles. The van der Waals surface area contributed by atoms with Gasteiger partial charge >= 0.3 is 0 Å². The summed E-state index contributed by atoms with van der Waals surface area (Å²) in [6, 6.07) is 7.80. The number of carbonyl (C=O) groups is 1. The van der Waals surface area contributed by atoms with Gasteiger partial charge in [-0.25, -0.2) is 0 Å². The SMILES string of the molecule is CCN(CC)C(=O)c1ccc(CNC2=NCCN2C)cc1.I. The lowest BCUT2D eigenvalue weighted by atomic mass is 10.1. The Hall–Kier alpha value is -1.31. The highest BCUT2D eigenvalue weighted by molar-refractivity contribution is 14.0. The van der Waals surface area contributed by atoms with Gasteiger partial charge in [0, 0.05) is 38.8 Å². The second-order valence-corrected chi connectivity index (χ2v) is 5.15. The van der Waals surface area contributed by atoms with E-state index in [4.69, 9.17) is 0 Å². The summed E-state index contributed by atoms with van der Waals surface area (Å²) in [5, 5.41) is 3.32. The molecule has 6 heteroatoms. The van der Waals surface area contributed by atoms with Crippen LogP contribution in [0.4, 0.5) is 0 Å². The molecule has 1 N–H and O–H groups in total. The van der Waals surface area contributed by atoms with Gasteiger partial charge in [-0.3, -0.25) is 9.79 Å². The number of nitrogens with zero attached hydrogens (tertiary/aromatic N) is 3. The molecule has 0 fully saturated rings. The maximum absolute atomic E-state index is 12.2. The number of halogens is 1. The molecule has 0 aromatic heterocycles. The van der Waals surface area contributed by atoms with Crippen LogP contribution in [0.1, 0.15) is 29.8 Å². The molecule has 0 atom stereocenters. The Labute approximate surface area is 149 Å². The summed E-state index contributed by atoms with van der Waals surface area (Å²) in [7, 11) is 2.03. The van der Waals surface area contributed by atoms with Crippen molar-refractivity contribution in [2.75, 3.05) is 33.2 Å². The molecule has 0 unspecified atom stereocenters. The minimum Gasteiger partial charge on any atom is -0.352 e. The third-order valence-electron chi connectivity index (χ3n) is 3.76. The molecule has 1 aromatic carbocycles. The largest absolute Gasteiger partial charge is 0.352 e.